The Morgan fingerprint density at radius 1 is 1.35 bits per heavy atom. The van der Waals surface area contributed by atoms with Crippen LogP contribution in [0.15, 0.2) is 18.2 Å². The van der Waals surface area contributed by atoms with E-state index in [1.807, 2.05) is 19.9 Å². The lowest BCUT2D eigenvalue weighted by Gasteiger charge is -2.18. The molecule has 4 heteroatoms. The number of benzene rings is 1. The molecule has 2 nitrogen and oxygen atoms in total. The quantitative estimate of drug-likeness (QED) is 0.720. The van der Waals surface area contributed by atoms with E-state index in [0.717, 1.165) is 25.7 Å². The SMILES string of the molecule is CCCC(CCC)C(=O)C(C#N)c1c(F)cccc1Cl. The second-order valence-corrected chi connectivity index (χ2v) is 5.28. The van der Waals surface area contributed by atoms with Crippen molar-refractivity contribution in [2.24, 2.45) is 5.92 Å². The van der Waals surface area contributed by atoms with Crippen molar-refractivity contribution >= 4 is 17.4 Å². The molecule has 1 aromatic carbocycles. The van der Waals surface area contributed by atoms with E-state index < -0.39 is 11.7 Å². The van der Waals surface area contributed by atoms with Crippen molar-refractivity contribution in [3.63, 3.8) is 0 Å². The fourth-order valence-corrected chi connectivity index (χ4v) is 2.69. The zero-order valence-corrected chi connectivity index (χ0v) is 12.6. The number of ketones is 1. The lowest BCUT2D eigenvalue weighted by molar-refractivity contribution is -0.123. The van der Waals surface area contributed by atoms with Gasteiger partial charge in [-0.15, -0.1) is 0 Å². The van der Waals surface area contributed by atoms with Gasteiger partial charge in [0.1, 0.15) is 11.7 Å². The molecule has 0 N–H and O–H groups in total. The van der Waals surface area contributed by atoms with E-state index in [4.69, 9.17) is 11.6 Å². The molecule has 0 bridgehead atoms. The molecule has 0 radical (unpaired) electrons. The number of carbonyl (C=O) groups is 1. The molecular formula is C16H19ClFNO. The third-order valence-corrected chi connectivity index (χ3v) is 3.71. The molecule has 108 valence electrons. The summed E-state index contributed by atoms with van der Waals surface area (Å²) >= 11 is 5.96. The van der Waals surface area contributed by atoms with Gasteiger partial charge in [0, 0.05) is 16.5 Å². The molecule has 0 aliphatic carbocycles. The molecule has 0 amide bonds. The topological polar surface area (TPSA) is 40.9 Å². The zero-order chi connectivity index (χ0) is 15.1. The van der Waals surface area contributed by atoms with Crippen LogP contribution >= 0.6 is 11.6 Å². The van der Waals surface area contributed by atoms with Gasteiger partial charge in [-0.05, 0) is 25.0 Å². The smallest absolute Gasteiger partial charge is 0.157 e. The van der Waals surface area contributed by atoms with Gasteiger partial charge in [-0.2, -0.15) is 5.26 Å². The highest BCUT2D eigenvalue weighted by Crippen LogP contribution is 2.31. The number of hydrogen-bond donors (Lipinski definition) is 0. The minimum atomic E-state index is -1.12. The second-order valence-electron chi connectivity index (χ2n) is 4.87. The van der Waals surface area contributed by atoms with Crippen molar-refractivity contribution in [3.8, 4) is 6.07 Å². The third-order valence-electron chi connectivity index (χ3n) is 3.38. The fourth-order valence-electron chi connectivity index (χ4n) is 2.42. The molecule has 1 unspecified atom stereocenters. The molecule has 1 atom stereocenters. The zero-order valence-electron chi connectivity index (χ0n) is 11.8. The number of Topliss-reactive ketones (excluding diaryl/α,β-unsaturated/α-hetero) is 1. The van der Waals surface area contributed by atoms with Crippen LogP contribution in [-0.4, -0.2) is 5.78 Å². The van der Waals surface area contributed by atoms with Crippen molar-refractivity contribution in [2.45, 2.75) is 45.4 Å². The van der Waals surface area contributed by atoms with Crippen molar-refractivity contribution in [1.82, 2.24) is 0 Å². The Morgan fingerprint density at radius 3 is 2.40 bits per heavy atom. The number of rotatable bonds is 7. The minimum absolute atomic E-state index is 0.0128. The maximum absolute atomic E-state index is 13.9. The summed E-state index contributed by atoms with van der Waals surface area (Å²) in [5.41, 5.74) is 0.0128. The Kier molecular flexibility index (Phi) is 6.67. The van der Waals surface area contributed by atoms with Crippen LogP contribution in [0, 0.1) is 23.1 Å². The lowest BCUT2D eigenvalue weighted by atomic mass is 9.83. The number of carbonyl (C=O) groups excluding carboxylic acids is 1. The Hall–Kier alpha value is -1.40. The first-order valence-electron chi connectivity index (χ1n) is 6.94. The first kappa shape index (κ1) is 16.7. The first-order valence-corrected chi connectivity index (χ1v) is 7.31. The van der Waals surface area contributed by atoms with Crippen LogP contribution in [-0.2, 0) is 4.79 Å². The maximum Gasteiger partial charge on any atom is 0.157 e. The van der Waals surface area contributed by atoms with Crippen LogP contribution in [0.3, 0.4) is 0 Å². The minimum Gasteiger partial charge on any atom is -0.298 e. The molecule has 0 fully saturated rings. The van der Waals surface area contributed by atoms with Crippen molar-refractivity contribution in [3.05, 3.63) is 34.6 Å². The summed E-state index contributed by atoms with van der Waals surface area (Å²) in [6.45, 7) is 3.99. The first-order chi connectivity index (χ1) is 9.56. The summed E-state index contributed by atoms with van der Waals surface area (Å²) < 4.78 is 13.9. The van der Waals surface area contributed by atoms with Gasteiger partial charge in [-0.25, -0.2) is 4.39 Å². The summed E-state index contributed by atoms with van der Waals surface area (Å²) in [6.07, 6.45) is 3.16. The van der Waals surface area contributed by atoms with Gasteiger partial charge >= 0.3 is 0 Å². The van der Waals surface area contributed by atoms with Gasteiger partial charge in [0.05, 0.1) is 6.07 Å². The summed E-state index contributed by atoms with van der Waals surface area (Å²) in [6, 6.07) is 6.13. The fraction of sp³-hybridized carbons (Fsp3) is 0.500. The second kappa shape index (κ2) is 8.01. The van der Waals surface area contributed by atoms with Gasteiger partial charge in [-0.1, -0.05) is 44.4 Å². The average molecular weight is 296 g/mol. The highest BCUT2D eigenvalue weighted by molar-refractivity contribution is 6.31. The number of nitriles is 1. The monoisotopic (exact) mass is 295 g/mol. The largest absolute Gasteiger partial charge is 0.298 e. The van der Waals surface area contributed by atoms with Gasteiger partial charge in [0.2, 0.25) is 0 Å². The van der Waals surface area contributed by atoms with Crippen LogP contribution in [0.4, 0.5) is 4.39 Å². The van der Waals surface area contributed by atoms with E-state index in [1.165, 1.54) is 18.2 Å². The van der Waals surface area contributed by atoms with Crippen LogP contribution in [0.2, 0.25) is 5.02 Å². The van der Waals surface area contributed by atoms with Gasteiger partial charge in [0.15, 0.2) is 5.78 Å². The maximum atomic E-state index is 13.9. The van der Waals surface area contributed by atoms with E-state index in [1.54, 1.807) is 0 Å². The molecule has 0 heterocycles. The molecule has 0 saturated heterocycles. The predicted octanol–water partition coefficient (Wildman–Crippen LogP) is 4.87. The molecule has 0 aliphatic heterocycles. The van der Waals surface area contributed by atoms with E-state index in [0.29, 0.717) is 0 Å². The van der Waals surface area contributed by atoms with Crippen molar-refractivity contribution in [2.75, 3.05) is 0 Å². The van der Waals surface area contributed by atoms with E-state index in [2.05, 4.69) is 0 Å². The third kappa shape index (κ3) is 3.80. The molecule has 0 aromatic heterocycles. The summed E-state index contributed by atoms with van der Waals surface area (Å²) in [4.78, 5) is 12.5. The summed E-state index contributed by atoms with van der Waals surface area (Å²) in [5, 5.41) is 9.42. The van der Waals surface area contributed by atoms with E-state index in [9.17, 15) is 14.4 Å². The van der Waals surface area contributed by atoms with E-state index >= 15 is 0 Å². The number of halogens is 2. The van der Waals surface area contributed by atoms with Gasteiger partial charge in [0.25, 0.3) is 0 Å². The number of nitrogens with zero attached hydrogens (tertiary/aromatic N) is 1. The Balaban J connectivity index is 3.12. The normalized spacial score (nSPS) is 12.2. The summed E-state index contributed by atoms with van der Waals surface area (Å²) in [5.74, 6) is -2.13. The Morgan fingerprint density at radius 2 is 1.95 bits per heavy atom. The highest BCUT2D eigenvalue weighted by atomic mass is 35.5. The predicted molar refractivity (Wildman–Crippen MR) is 78.1 cm³/mol. The van der Waals surface area contributed by atoms with E-state index in [-0.39, 0.29) is 22.3 Å². The van der Waals surface area contributed by atoms with Crippen LogP contribution in [0.1, 0.15) is 51.0 Å². The highest BCUT2D eigenvalue weighted by Gasteiger charge is 2.30. The molecule has 0 saturated carbocycles. The van der Waals surface area contributed by atoms with Crippen LogP contribution < -0.4 is 0 Å². The van der Waals surface area contributed by atoms with Crippen LogP contribution in [0.25, 0.3) is 0 Å². The Bertz CT molecular complexity index is 483. The molecule has 20 heavy (non-hydrogen) atoms. The number of hydrogen-bond acceptors (Lipinski definition) is 2. The molecule has 1 aromatic rings. The lowest BCUT2D eigenvalue weighted by Crippen LogP contribution is -2.22. The standard InChI is InChI=1S/C16H19ClFNO/c1-3-6-11(7-4-2)16(20)12(10-19)15-13(17)8-5-9-14(15)18/h5,8-9,11-12H,3-4,6-7H2,1-2H3. The summed E-state index contributed by atoms with van der Waals surface area (Å²) in [7, 11) is 0. The van der Waals surface area contributed by atoms with Gasteiger partial charge in [-0.3, -0.25) is 4.79 Å². The molecule has 0 spiro atoms. The molecular weight excluding hydrogens is 277 g/mol. The van der Waals surface area contributed by atoms with Crippen LogP contribution in [0.5, 0.6) is 0 Å². The van der Waals surface area contributed by atoms with Gasteiger partial charge < -0.3 is 0 Å². The van der Waals surface area contributed by atoms with Crippen molar-refractivity contribution < 1.29 is 9.18 Å². The van der Waals surface area contributed by atoms with Crippen molar-refractivity contribution in [1.29, 1.82) is 5.26 Å². The Labute approximate surface area is 124 Å². The molecule has 0 aliphatic rings. The molecule has 1 rings (SSSR count). The average Bonchev–Trinajstić information content (AvgIpc) is 2.42.